The van der Waals surface area contributed by atoms with Crippen LogP contribution in [0.5, 0.6) is 0 Å². The second-order valence-corrected chi connectivity index (χ2v) is 7.63. The highest BCUT2D eigenvalue weighted by atomic mass is 32.1. The molecule has 0 aliphatic heterocycles. The molecular formula is C24H18S. The molecule has 0 fully saturated rings. The van der Waals surface area contributed by atoms with Gasteiger partial charge in [-0.2, -0.15) is 0 Å². The third-order valence-electron chi connectivity index (χ3n) is 4.92. The molecule has 5 aromatic rings. The molecule has 120 valence electrons. The van der Waals surface area contributed by atoms with Crippen molar-refractivity contribution in [3.63, 3.8) is 0 Å². The first-order chi connectivity index (χ1) is 12.3. The lowest BCUT2D eigenvalue weighted by Gasteiger charge is -2.07. The lowest BCUT2D eigenvalue weighted by molar-refractivity contribution is 1.23. The van der Waals surface area contributed by atoms with E-state index in [1.807, 2.05) is 11.3 Å². The number of hydrogen-bond acceptors (Lipinski definition) is 1. The third kappa shape index (κ3) is 2.35. The second-order valence-electron chi connectivity index (χ2n) is 6.52. The minimum atomic E-state index is 1.08. The van der Waals surface area contributed by atoms with Crippen LogP contribution in [0.25, 0.3) is 48.5 Å². The smallest absolute Gasteiger partial charge is 0.0355 e. The van der Waals surface area contributed by atoms with Crippen molar-refractivity contribution in [2.24, 2.45) is 0 Å². The van der Waals surface area contributed by atoms with Gasteiger partial charge in [-0.05, 0) is 69.1 Å². The van der Waals surface area contributed by atoms with Crippen LogP contribution in [-0.2, 0) is 0 Å². The summed E-state index contributed by atoms with van der Waals surface area (Å²) in [6.07, 6.45) is 5.55. The fraction of sp³-hybridized carbons (Fsp3) is 0.0833. The van der Waals surface area contributed by atoms with E-state index in [-0.39, 0.29) is 0 Å². The van der Waals surface area contributed by atoms with Gasteiger partial charge in [0.1, 0.15) is 0 Å². The van der Waals surface area contributed by atoms with Crippen LogP contribution in [0.4, 0.5) is 0 Å². The van der Waals surface area contributed by atoms with Gasteiger partial charge < -0.3 is 0 Å². The van der Waals surface area contributed by atoms with Crippen molar-refractivity contribution < 1.29 is 0 Å². The average molecular weight is 338 g/mol. The van der Waals surface area contributed by atoms with E-state index in [1.165, 1.54) is 47.3 Å². The molecule has 0 aliphatic rings. The number of benzene rings is 4. The van der Waals surface area contributed by atoms with Gasteiger partial charge in [0.15, 0.2) is 0 Å². The molecule has 0 amide bonds. The highest BCUT2D eigenvalue weighted by molar-refractivity contribution is 7.20. The molecule has 1 heterocycles. The van der Waals surface area contributed by atoms with Crippen molar-refractivity contribution in [3.05, 3.63) is 77.7 Å². The predicted octanol–water partition coefficient (Wildman–Crippen LogP) is 7.78. The van der Waals surface area contributed by atoms with Crippen molar-refractivity contribution in [2.45, 2.75) is 13.3 Å². The van der Waals surface area contributed by atoms with Crippen molar-refractivity contribution in [2.75, 3.05) is 0 Å². The summed E-state index contributed by atoms with van der Waals surface area (Å²) in [4.78, 5) is 1.34. The largest absolute Gasteiger partial charge is 0.136 e. The number of fused-ring (bicyclic) bond motifs is 6. The Balaban J connectivity index is 1.85. The Morgan fingerprint density at radius 2 is 1.48 bits per heavy atom. The molecule has 0 bridgehead atoms. The van der Waals surface area contributed by atoms with E-state index < -0.39 is 0 Å². The minimum Gasteiger partial charge on any atom is -0.136 e. The zero-order valence-corrected chi connectivity index (χ0v) is 14.9. The summed E-state index contributed by atoms with van der Waals surface area (Å²) >= 11 is 1.87. The van der Waals surface area contributed by atoms with Crippen LogP contribution in [0, 0.1) is 0 Å². The molecule has 1 heteroatoms. The summed E-state index contributed by atoms with van der Waals surface area (Å²) in [5.74, 6) is 0. The van der Waals surface area contributed by atoms with E-state index in [9.17, 15) is 0 Å². The molecule has 25 heavy (non-hydrogen) atoms. The van der Waals surface area contributed by atoms with Crippen LogP contribution in [0.3, 0.4) is 0 Å². The maximum atomic E-state index is 2.34. The maximum absolute atomic E-state index is 2.34. The number of thiophene rings is 1. The Hall–Kier alpha value is -2.64. The zero-order chi connectivity index (χ0) is 16.8. The minimum absolute atomic E-state index is 1.08. The van der Waals surface area contributed by atoms with Gasteiger partial charge in [-0.3, -0.25) is 0 Å². The van der Waals surface area contributed by atoms with Crippen molar-refractivity contribution >= 4 is 59.8 Å². The Kier molecular flexibility index (Phi) is 3.36. The highest BCUT2D eigenvalue weighted by Gasteiger charge is 2.08. The molecule has 0 N–H and O–H groups in total. The van der Waals surface area contributed by atoms with Crippen molar-refractivity contribution in [1.82, 2.24) is 0 Å². The molecule has 0 nitrogen and oxygen atoms in total. The topological polar surface area (TPSA) is 0 Å². The van der Waals surface area contributed by atoms with E-state index in [4.69, 9.17) is 0 Å². The van der Waals surface area contributed by atoms with Gasteiger partial charge in [0.2, 0.25) is 0 Å². The Labute approximate surface area is 151 Å². The fourth-order valence-electron chi connectivity index (χ4n) is 3.69. The standard InChI is InChI=1S/C24H18S/c1-2-3-8-19-15-23-21-10-9-18-13-16-6-4-5-7-17(16)14-22(18)20(21)11-12-24(23)25-19/h3-15H,2H2,1H3. The van der Waals surface area contributed by atoms with Gasteiger partial charge in [0, 0.05) is 15.0 Å². The van der Waals surface area contributed by atoms with E-state index in [0.29, 0.717) is 0 Å². The van der Waals surface area contributed by atoms with E-state index in [1.54, 1.807) is 0 Å². The Morgan fingerprint density at radius 3 is 2.32 bits per heavy atom. The van der Waals surface area contributed by atoms with Crippen LogP contribution in [0.1, 0.15) is 18.2 Å². The lowest BCUT2D eigenvalue weighted by Crippen LogP contribution is -1.80. The fourth-order valence-corrected chi connectivity index (χ4v) is 4.70. The molecule has 1 aromatic heterocycles. The summed E-state index contributed by atoms with van der Waals surface area (Å²) in [6.45, 7) is 2.18. The number of allylic oxidation sites excluding steroid dienone is 1. The van der Waals surface area contributed by atoms with Gasteiger partial charge in [-0.25, -0.2) is 0 Å². The Bertz CT molecular complexity index is 1270. The molecule has 0 saturated carbocycles. The van der Waals surface area contributed by atoms with Crippen LogP contribution in [0.15, 0.2) is 72.8 Å². The summed E-state index contributed by atoms with van der Waals surface area (Å²) in [5, 5.41) is 9.33. The highest BCUT2D eigenvalue weighted by Crippen LogP contribution is 2.37. The molecule has 0 atom stereocenters. The first kappa shape index (κ1) is 14.7. The lowest BCUT2D eigenvalue weighted by atomic mass is 9.97. The average Bonchev–Trinajstić information content (AvgIpc) is 3.07. The SMILES string of the molecule is CCC=Cc1cc2c(ccc3c4cc5ccccc5cc4ccc23)s1. The first-order valence-electron chi connectivity index (χ1n) is 8.78. The van der Waals surface area contributed by atoms with Gasteiger partial charge in [0.05, 0.1) is 0 Å². The molecule has 0 saturated heterocycles. The van der Waals surface area contributed by atoms with Crippen LogP contribution in [0.2, 0.25) is 0 Å². The van der Waals surface area contributed by atoms with Crippen molar-refractivity contribution in [1.29, 1.82) is 0 Å². The van der Waals surface area contributed by atoms with Gasteiger partial charge in [-0.15, -0.1) is 11.3 Å². The molecule has 0 aliphatic carbocycles. The molecule has 0 unspecified atom stereocenters. The summed E-state index contributed by atoms with van der Waals surface area (Å²) in [7, 11) is 0. The first-order valence-corrected chi connectivity index (χ1v) is 9.59. The van der Waals surface area contributed by atoms with Crippen LogP contribution < -0.4 is 0 Å². The molecular weight excluding hydrogens is 320 g/mol. The summed E-state index contributed by atoms with van der Waals surface area (Å²) < 4.78 is 1.36. The van der Waals surface area contributed by atoms with Crippen LogP contribution in [-0.4, -0.2) is 0 Å². The van der Waals surface area contributed by atoms with Gasteiger partial charge in [0.25, 0.3) is 0 Å². The molecule has 0 radical (unpaired) electrons. The summed E-state index contributed by atoms with van der Waals surface area (Å²) in [6, 6.07) is 24.7. The third-order valence-corrected chi connectivity index (χ3v) is 5.98. The van der Waals surface area contributed by atoms with E-state index in [2.05, 4.69) is 85.8 Å². The van der Waals surface area contributed by atoms with Gasteiger partial charge >= 0.3 is 0 Å². The van der Waals surface area contributed by atoms with E-state index in [0.717, 1.165) is 6.42 Å². The second kappa shape index (κ2) is 5.72. The Morgan fingerprint density at radius 1 is 0.720 bits per heavy atom. The quantitative estimate of drug-likeness (QED) is 0.228. The number of hydrogen-bond donors (Lipinski definition) is 0. The van der Waals surface area contributed by atoms with Gasteiger partial charge in [-0.1, -0.05) is 55.5 Å². The maximum Gasteiger partial charge on any atom is 0.0355 e. The van der Waals surface area contributed by atoms with Crippen molar-refractivity contribution in [3.8, 4) is 0 Å². The molecule has 5 rings (SSSR count). The molecule has 4 aromatic carbocycles. The predicted molar refractivity (Wildman–Crippen MR) is 114 cm³/mol. The summed E-state index contributed by atoms with van der Waals surface area (Å²) in [5.41, 5.74) is 0. The normalized spacial score (nSPS) is 12.2. The number of rotatable bonds is 2. The van der Waals surface area contributed by atoms with Crippen LogP contribution >= 0.6 is 11.3 Å². The zero-order valence-electron chi connectivity index (χ0n) is 14.1. The monoisotopic (exact) mass is 338 g/mol. The molecule has 0 spiro atoms. The van der Waals surface area contributed by atoms with E-state index >= 15 is 0 Å².